The van der Waals surface area contributed by atoms with Crippen LogP contribution in [0.25, 0.3) is 0 Å². The van der Waals surface area contributed by atoms with E-state index in [0.717, 1.165) is 74.9 Å². The molecule has 1 saturated carbocycles. The van der Waals surface area contributed by atoms with Crippen molar-refractivity contribution in [1.82, 2.24) is 24.6 Å². The fourth-order valence-electron chi connectivity index (χ4n) is 4.83. The Bertz CT molecular complexity index is 851. The van der Waals surface area contributed by atoms with Gasteiger partial charge in [0.2, 0.25) is 5.91 Å². The minimum atomic E-state index is 0.153. The molecule has 2 aromatic rings. The van der Waals surface area contributed by atoms with E-state index in [-0.39, 0.29) is 11.8 Å². The molecule has 1 unspecified atom stereocenters. The number of pyridine rings is 1. The lowest BCUT2D eigenvalue weighted by molar-refractivity contribution is -0.138. The first-order valence-corrected chi connectivity index (χ1v) is 12.4. The van der Waals surface area contributed by atoms with Gasteiger partial charge in [-0.05, 0) is 57.1 Å². The molecule has 4 rings (SSSR count). The summed E-state index contributed by atoms with van der Waals surface area (Å²) in [5.41, 5.74) is 1.18. The van der Waals surface area contributed by atoms with Crippen molar-refractivity contribution in [3.05, 3.63) is 35.9 Å². The lowest BCUT2D eigenvalue weighted by Crippen LogP contribution is -2.44. The van der Waals surface area contributed by atoms with E-state index in [1.54, 1.807) is 25.1 Å². The number of methoxy groups -OCH3 is 1. The van der Waals surface area contributed by atoms with Crippen LogP contribution in [0.3, 0.4) is 0 Å². The predicted octanol–water partition coefficient (Wildman–Crippen LogP) is 3.90. The summed E-state index contributed by atoms with van der Waals surface area (Å²) in [5.74, 6) is 2.59. The normalized spacial score (nSPS) is 24.3. The summed E-state index contributed by atoms with van der Waals surface area (Å²) < 4.78 is 7.69. The molecule has 3 heterocycles. The fourth-order valence-corrected chi connectivity index (χ4v) is 5.77. The Balaban J connectivity index is 1.40. The van der Waals surface area contributed by atoms with Crippen LogP contribution in [0, 0.1) is 5.92 Å². The minimum Gasteiger partial charge on any atom is -0.381 e. The lowest BCUT2D eigenvalue weighted by atomic mass is 9.85. The van der Waals surface area contributed by atoms with E-state index in [1.807, 2.05) is 12.3 Å². The summed E-state index contributed by atoms with van der Waals surface area (Å²) >= 11 is 1.70. The molecule has 0 N–H and O–H groups in total. The van der Waals surface area contributed by atoms with Crippen LogP contribution in [0.1, 0.15) is 62.8 Å². The van der Waals surface area contributed by atoms with E-state index >= 15 is 0 Å². The molecule has 1 atom stereocenters. The maximum Gasteiger partial charge on any atom is 0.225 e. The van der Waals surface area contributed by atoms with Crippen molar-refractivity contribution in [2.24, 2.45) is 5.92 Å². The Kier molecular flexibility index (Phi) is 7.61. The van der Waals surface area contributed by atoms with Crippen LogP contribution in [0.2, 0.25) is 0 Å². The van der Waals surface area contributed by atoms with Crippen LogP contribution in [-0.4, -0.2) is 56.9 Å². The molecule has 2 fully saturated rings. The molecule has 1 aliphatic heterocycles. The largest absolute Gasteiger partial charge is 0.381 e. The molecule has 1 saturated heterocycles. The van der Waals surface area contributed by atoms with Crippen molar-refractivity contribution < 1.29 is 9.53 Å². The molecule has 2 aliphatic rings. The second kappa shape index (κ2) is 10.6. The maximum atomic E-state index is 13.2. The van der Waals surface area contributed by atoms with Crippen LogP contribution in [0.5, 0.6) is 0 Å². The summed E-state index contributed by atoms with van der Waals surface area (Å²) in [6.07, 6.45) is 9.97. The van der Waals surface area contributed by atoms with Gasteiger partial charge in [-0.15, -0.1) is 10.2 Å². The Morgan fingerprint density at radius 1 is 1.23 bits per heavy atom. The van der Waals surface area contributed by atoms with Gasteiger partial charge < -0.3 is 14.2 Å². The Hall–Kier alpha value is -1.93. The highest BCUT2D eigenvalue weighted by Crippen LogP contribution is 2.32. The smallest absolute Gasteiger partial charge is 0.225 e. The van der Waals surface area contributed by atoms with E-state index in [2.05, 4.69) is 37.6 Å². The molecule has 1 aliphatic carbocycles. The molecule has 31 heavy (non-hydrogen) atoms. The quantitative estimate of drug-likeness (QED) is 0.605. The number of amides is 1. The highest BCUT2D eigenvalue weighted by atomic mass is 32.2. The van der Waals surface area contributed by atoms with Gasteiger partial charge >= 0.3 is 0 Å². The lowest BCUT2D eigenvalue weighted by Gasteiger charge is -2.36. The maximum absolute atomic E-state index is 13.2. The molecule has 1 amide bonds. The van der Waals surface area contributed by atoms with Crippen LogP contribution >= 0.6 is 11.8 Å². The van der Waals surface area contributed by atoms with Crippen molar-refractivity contribution in [3.63, 3.8) is 0 Å². The first-order valence-electron chi connectivity index (χ1n) is 11.5. The van der Waals surface area contributed by atoms with Gasteiger partial charge in [0.25, 0.3) is 0 Å². The van der Waals surface area contributed by atoms with Gasteiger partial charge in [0.1, 0.15) is 5.82 Å². The highest BCUT2D eigenvalue weighted by molar-refractivity contribution is 7.98. The average molecular weight is 444 g/mol. The number of nitrogens with zero attached hydrogens (tertiary/aromatic N) is 5. The van der Waals surface area contributed by atoms with Gasteiger partial charge in [0, 0.05) is 56.7 Å². The summed E-state index contributed by atoms with van der Waals surface area (Å²) in [5, 5.41) is 10.0. The number of hydrogen-bond donors (Lipinski definition) is 0. The Labute approximate surface area is 189 Å². The zero-order chi connectivity index (χ0) is 21.6. The summed E-state index contributed by atoms with van der Waals surface area (Å²) in [4.78, 5) is 19.5. The molecule has 2 aromatic heterocycles. The number of carbonyl (C=O) groups excluding carboxylic acids is 1. The van der Waals surface area contributed by atoms with Crippen molar-refractivity contribution >= 4 is 17.7 Å². The topological polar surface area (TPSA) is 73.1 Å². The van der Waals surface area contributed by atoms with Gasteiger partial charge in [-0.3, -0.25) is 9.78 Å². The third-order valence-electron chi connectivity index (χ3n) is 6.61. The number of hydrogen-bond acceptors (Lipinski definition) is 6. The molecule has 168 valence electrons. The van der Waals surface area contributed by atoms with Gasteiger partial charge in [-0.25, -0.2) is 0 Å². The first kappa shape index (κ1) is 22.3. The van der Waals surface area contributed by atoms with Crippen molar-refractivity contribution in [2.75, 3.05) is 20.2 Å². The van der Waals surface area contributed by atoms with Crippen LogP contribution in [-0.2, 0) is 21.8 Å². The molecule has 0 spiro atoms. The molecular weight excluding hydrogens is 410 g/mol. The number of thioether (sulfide) groups is 1. The second-order valence-electron chi connectivity index (χ2n) is 8.57. The molecule has 8 heteroatoms. The van der Waals surface area contributed by atoms with E-state index < -0.39 is 0 Å². The van der Waals surface area contributed by atoms with Crippen molar-refractivity contribution in [3.8, 4) is 0 Å². The van der Waals surface area contributed by atoms with Gasteiger partial charge in [0.05, 0.1) is 6.10 Å². The monoisotopic (exact) mass is 443 g/mol. The summed E-state index contributed by atoms with van der Waals surface area (Å²) in [6, 6.07) is 4.04. The number of rotatable bonds is 7. The number of ether oxygens (including phenoxy) is 1. The number of likely N-dealkylation sites (tertiary alicyclic amines) is 1. The van der Waals surface area contributed by atoms with Gasteiger partial charge in [0.15, 0.2) is 5.16 Å². The van der Waals surface area contributed by atoms with Crippen molar-refractivity contribution in [1.29, 1.82) is 0 Å². The first-order chi connectivity index (χ1) is 15.2. The zero-order valence-corrected chi connectivity index (χ0v) is 19.4. The van der Waals surface area contributed by atoms with Crippen LogP contribution in [0.4, 0.5) is 0 Å². The SMILES string of the molecule is CCn1c(SCc2cccnc2)nnc1C1CCCN(C(=O)C2CCC(OC)CC2)C1. The Morgan fingerprint density at radius 2 is 2.06 bits per heavy atom. The molecule has 0 bridgehead atoms. The molecule has 0 radical (unpaired) electrons. The predicted molar refractivity (Wildman–Crippen MR) is 121 cm³/mol. The van der Waals surface area contributed by atoms with E-state index in [1.165, 1.54) is 5.56 Å². The molecule has 0 aromatic carbocycles. The van der Waals surface area contributed by atoms with Gasteiger partial charge in [-0.1, -0.05) is 17.8 Å². The summed E-state index contributed by atoms with van der Waals surface area (Å²) in [7, 11) is 1.77. The number of aromatic nitrogens is 4. The zero-order valence-electron chi connectivity index (χ0n) is 18.6. The third kappa shape index (κ3) is 5.29. The number of piperidine rings is 1. The van der Waals surface area contributed by atoms with E-state index in [0.29, 0.717) is 12.0 Å². The molecular formula is C23H33N5O2S. The molecule has 7 nitrogen and oxygen atoms in total. The number of carbonyl (C=O) groups is 1. The van der Waals surface area contributed by atoms with E-state index in [4.69, 9.17) is 4.74 Å². The van der Waals surface area contributed by atoms with Gasteiger partial charge in [-0.2, -0.15) is 0 Å². The highest BCUT2D eigenvalue weighted by Gasteiger charge is 2.34. The minimum absolute atomic E-state index is 0.153. The third-order valence-corrected chi connectivity index (χ3v) is 7.65. The fraction of sp³-hybridized carbons (Fsp3) is 0.652. The second-order valence-corrected chi connectivity index (χ2v) is 9.51. The van der Waals surface area contributed by atoms with Crippen LogP contribution < -0.4 is 0 Å². The standard InChI is InChI=1S/C23H33N5O2S/c1-3-28-21(25-26-23(28)31-16-17-6-4-12-24-14-17)19-7-5-13-27(15-19)22(29)18-8-10-20(30-2)11-9-18/h4,6,12,14,18-20H,3,5,7-11,13,15-16H2,1-2H3. The van der Waals surface area contributed by atoms with Crippen LogP contribution in [0.15, 0.2) is 29.7 Å². The van der Waals surface area contributed by atoms with Crippen molar-refractivity contribution in [2.45, 2.75) is 74.9 Å². The average Bonchev–Trinajstić information content (AvgIpc) is 3.26. The Morgan fingerprint density at radius 3 is 2.77 bits per heavy atom. The van der Waals surface area contributed by atoms with E-state index in [9.17, 15) is 4.79 Å². The summed E-state index contributed by atoms with van der Waals surface area (Å²) in [6.45, 7) is 4.60.